The molecule has 0 spiro atoms. The molecule has 2 heterocycles. The molecule has 2 aromatic rings. The summed E-state index contributed by atoms with van der Waals surface area (Å²) in [6.45, 7) is 2.79. The molecule has 0 aliphatic rings. The van der Waals surface area contributed by atoms with Crippen LogP contribution in [0.1, 0.15) is 11.3 Å². The van der Waals surface area contributed by atoms with E-state index in [1.165, 1.54) is 17.6 Å². The number of anilines is 1. The van der Waals surface area contributed by atoms with Crippen molar-refractivity contribution >= 4 is 5.69 Å². The molecule has 0 aliphatic carbocycles. The lowest BCUT2D eigenvalue weighted by molar-refractivity contribution is 0.738. The molecule has 0 aliphatic heterocycles. The normalized spacial score (nSPS) is 10.3. The zero-order valence-electron chi connectivity index (χ0n) is 8.81. The number of nitrogens with zero attached hydrogens (tertiary/aromatic N) is 4. The maximum atomic E-state index is 4.17. The average Bonchev–Trinajstić information content (AvgIpc) is 2.59. The molecule has 0 unspecified atom stereocenters. The van der Waals surface area contributed by atoms with Crippen LogP contribution in [-0.2, 0) is 13.6 Å². The minimum Gasteiger partial charge on any atom is -0.378 e. The zero-order valence-corrected chi connectivity index (χ0v) is 8.81. The van der Waals surface area contributed by atoms with Crippen LogP contribution >= 0.6 is 0 Å². The summed E-state index contributed by atoms with van der Waals surface area (Å²) in [4.78, 5) is 7.86. The molecule has 1 N–H and O–H groups in total. The van der Waals surface area contributed by atoms with E-state index in [-0.39, 0.29) is 0 Å². The van der Waals surface area contributed by atoms with Crippen molar-refractivity contribution in [2.24, 2.45) is 7.05 Å². The highest BCUT2D eigenvalue weighted by Crippen LogP contribution is 2.08. The molecule has 5 nitrogen and oxygen atoms in total. The number of nitrogens with one attached hydrogen (secondary N) is 1. The second kappa shape index (κ2) is 4.08. The van der Waals surface area contributed by atoms with E-state index in [1.54, 1.807) is 12.4 Å². The third-order valence-electron chi connectivity index (χ3n) is 2.38. The fourth-order valence-electron chi connectivity index (χ4n) is 1.31. The lowest BCUT2D eigenvalue weighted by Crippen LogP contribution is -2.01. The Morgan fingerprint density at radius 2 is 2.00 bits per heavy atom. The van der Waals surface area contributed by atoms with Crippen LogP contribution in [-0.4, -0.2) is 19.7 Å². The van der Waals surface area contributed by atoms with E-state index in [0.717, 1.165) is 12.2 Å². The monoisotopic (exact) mass is 203 g/mol. The Bertz CT molecular complexity index is 434. The first-order valence-electron chi connectivity index (χ1n) is 4.73. The fourth-order valence-corrected chi connectivity index (χ4v) is 1.31. The molecular formula is C10H13N5. The molecule has 15 heavy (non-hydrogen) atoms. The summed E-state index contributed by atoms with van der Waals surface area (Å²) < 4.78 is 1.86. The van der Waals surface area contributed by atoms with Gasteiger partial charge in [-0.3, -0.25) is 4.68 Å². The van der Waals surface area contributed by atoms with Gasteiger partial charge in [0.05, 0.1) is 24.3 Å². The van der Waals surface area contributed by atoms with Gasteiger partial charge in [-0.05, 0) is 6.92 Å². The van der Waals surface area contributed by atoms with Crippen LogP contribution in [0.15, 0.2) is 24.9 Å². The van der Waals surface area contributed by atoms with Crippen LogP contribution in [0, 0.1) is 6.92 Å². The van der Waals surface area contributed by atoms with E-state index in [4.69, 9.17) is 0 Å². The standard InChI is InChI=1S/C10H13N5/c1-8-9(4-14-15(8)2)3-13-10-5-11-7-12-6-10/h4-7,13H,3H2,1-2H3. The second-order valence-corrected chi connectivity index (χ2v) is 3.36. The quantitative estimate of drug-likeness (QED) is 0.812. The number of rotatable bonds is 3. The Balaban J connectivity index is 2.02. The molecular weight excluding hydrogens is 190 g/mol. The predicted octanol–water partition coefficient (Wildman–Crippen LogP) is 1.13. The van der Waals surface area contributed by atoms with Crippen molar-refractivity contribution in [3.63, 3.8) is 0 Å². The molecule has 0 atom stereocenters. The molecule has 0 saturated carbocycles. The predicted molar refractivity (Wildman–Crippen MR) is 57.3 cm³/mol. The fraction of sp³-hybridized carbons (Fsp3) is 0.300. The summed E-state index contributed by atoms with van der Waals surface area (Å²) in [5.74, 6) is 0. The third kappa shape index (κ3) is 2.12. The Morgan fingerprint density at radius 1 is 1.27 bits per heavy atom. The second-order valence-electron chi connectivity index (χ2n) is 3.36. The van der Waals surface area contributed by atoms with Gasteiger partial charge in [-0.15, -0.1) is 0 Å². The van der Waals surface area contributed by atoms with Gasteiger partial charge >= 0.3 is 0 Å². The zero-order chi connectivity index (χ0) is 10.7. The smallest absolute Gasteiger partial charge is 0.115 e. The van der Waals surface area contributed by atoms with Crippen molar-refractivity contribution in [3.05, 3.63) is 36.2 Å². The van der Waals surface area contributed by atoms with Crippen molar-refractivity contribution in [2.45, 2.75) is 13.5 Å². The molecule has 0 saturated heterocycles. The molecule has 0 fully saturated rings. The van der Waals surface area contributed by atoms with Gasteiger partial charge in [-0.25, -0.2) is 9.97 Å². The lowest BCUT2D eigenvalue weighted by atomic mass is 10.2. The van der Waals surface area contributed by atoms with E-state index in [1.807, 2.05) is 24.9 Å². The Morgan fingerprint density at radius 3 is 2.60 bits per heavy atom. The van der Waals surface area contributed by atoms with E-state index in [2.05, 4.69) is 20.4 Å². The van der Waals surface area contributed by atoms with Crippen LogP contribution in [0.5, 0.6) is 0 Å². The summed E-state index contributed by atoms with van der Waals surface area (Å²) in [6, 6.07) is 0. The molecule has 0 bridgehead atoms. The summed E-state index contributed by atoms with van der Waals surface area (Å²) in [7, 11) is 1.93. The first kappa shape index (κ1) is 9.64. The van der Waals surface area contributed by atoms with Gasteiger partial charge in [0.15, 0.2) is 0 Å². The van der Waals surface area contributed by atoms with Crippen LogP contribution in [0.3, 0.4) is 0 Å². The van der Waals surface area contributed by atoms with Crippen molar-refractivity contribution < 1.29 is 0 Å². The summed E-state index contributed by atoms with van der Waals surface area (Å²) in [6.07, 6.45) is 6.88. The molecule has 0 radical (unpaired) electrons. The topological polar surface area (TPSA) is 55.6 Å². The van der Waals surface area contributed by atoms with Gasteiger partial charge in [0.25, 0.3) is 0 Å². The summed E-state index contributed by atoms with van der Waals surface area (Å²) >= 11 is 0. The maximum absolute atomic E-state index is 4.17. The van der Waals surface area contributed by atoms with E-state index < -0.39 is 0 Å². The van der Waals surface area contributed by atoms with Gasteiger partial charge in [0.1, 0.15) is 6.33 Å². The first-order chi connectivity index (χ1) is 7.27. The van der Waals surface area contributed by atoms with Gasteiger partial charge < -0.3 is 5.32 Å². The van der Waals surface area contributed by atoms with Gasteiger partial charge in [-0.1, -0.05) is 0 Å². The Hall–Kier alpha value is -1.91. The average molecular weight is 203 g/mol. The summed E-state index contributed by atoms with van der Waals surface area (Å²) in [5.41, 5.74) is 3.27. The van der Waals surface area contributed by atoms with E-state index >= 15 is 0 Å². The molecule has 0 amide bonds. The van der Waals surface area contributed by atoms with Crippen LogP contribution in [0.2, 0.25) is 0 Å². The maximum Gasteiger partial charge on any atom is 0.115 e. The Kier molecular flexibility index (Phi) is 2.62. The molecule has 0 aromatic carbocycles. The van der Waals surface area contributed by atoms with Crippen molar-refractivity contribution in [1.29, 1.82) is 0 Å². The molecule has 5 heteroatoms. The highest BCUT2D eigenvalue weighted by Gasteiger charge is 2.02. The number of hydrogen-bond donors (Lipinski definition) is 1. The molecule has 78 valence electrons. The van der Waals surface area contributed by atoms with Crippen LogP contribution in [0.25, 0.3) is 0 Å². The number of aryl methyl sites for hydroxylation is 1. The van der Waals surface area contributed by atoms with Crippen molar-refractivity contribution in [1.82, 2.24) is 19.7 Å². The van der Waals surface area contributed by atoms with Gasteiger partial charge in [0.2, 0.25) is 0 Å². The SMILES string of the molecule is Cc1c(CNc2cncnc2)cnn1C. The minimum absolute atomic E-state index is 0.743. The van der Waals surface area contributed by atoms with Crippen molar-refractivity contribution in [2.75, 3.05) is 5.32 Å². The molecule has 2 rings (SSSR count). The van der Waals surface area contributed by atoms with E-state index in [0.29, 0.717) is 0 Å². The number of aromatic nitrogens is 4. The van der Waals surface area contributed by atoms with Gasteiger partial charge in [0, 0.05) is 24.8 Å². The third-order valence-corrected chi connectivity index (χ3v) is 2.38. The van der Waals surface area contributed by atoms with Crippen LogP contribution in [0.4, 0.5) is 5.69 Å². The number of hydrogen-bond acceptors (Lipinski definition) is 4. The molecule has 2 aromatic heterocycles. The van der Waals surface area contributed by atoms with E-state index in [9.17, 15) is 0 Å². The highest BCUT2D eigenvalue weighted by molar-refractivity contribution is 5.38. The minimum atomic E-state index is 0.743. The lowest BCUT2D eigenvalue weighted by Gasteiger charge is -2.04. The largest absolute Gasteiger partial charge is 0.378 e. The highest BCUT2D eigenvalue weighted by atomic mass is 15.3. The van der Waals surface area contributed by atoms with Crippen LogP contribution < -0.4 is 5.32 Å². The Labute approximate surface area is 88.2 Å². The van der Waals surface area contributed by atoms with Gasteiger partial charge in [-0.2, -0.15) is 5.10 Å². The first-order valence-corrected chi connectivity index (χ1v) is 4.73. The van der Waals surface area contributed by atoms with Crippen molar-refractivity contribution in [3.8, 4) is 0 Å². The summed E-state index contributed by atoms with van der Waals surface area (Å²) in [5, 5.41) is 7.41.